The van der Waals surface area contributed by atoms with E-state index in [2.05, 4.69) is 10.1 Å². The molecule has 27 heavy (non-hydrogen) atoms. The number of anilines is 1. The second kappa shape index (κ2) is 5.39. The molecule has 1 unspecified atom stereocenters. The van der Waals surface area contributed by atoms with Crippen molar-refractivity contribution in [2.75, 3.05) is 4.90 Å². The fraction of sp³-hybridized carbons (Fsp3) is 0.474. The van der Waals surface area contributed by atoms with E-state index < -0.39 is 11.2 Å². The van der Waals surface area contributed by atoms with E-state index in [0.717, 1.165) is 19.3 Å². The third kappa shape index (κ3) is 2.19. The van der Waals surface area contributed by atoms with Crippen LogP contribution in [0.2, 0.25) is 0 Å². The van der Waals surface area contributed by atoms with E-state index in [9.17, 15) is 9.59 Å². The normalized spacial score (nSPS) is 26.0. The van der Waals surface area contributed by atoms with E-state index in [4.69, 9.17) is 10.3 Å². The third-order valence-electron chi connectivity index (χ3n) is 6.20. The molecule has 1 aliphatic carbocycles. The summed E-state index contributed by atoms with van der Waals surface area (Å²) < 4.78 is 5.41. The zero-order valence-corrected chi connectivity index (χ0v) is 15.1. The van der Waals surface area contributed by atoms with Crippen LogP contribution < -0.4 is 10.6 Å². The molecular formula is C19H21N5O3. The number of carbonyl (C=O) groups excluding carboxylic acids is 2. The molecule has 8 nitrogen and oxygen atoms in total. The predicted molar refractivity (Wildman–Crippen MR) is 95.5 cm³/mol. The largest absolute Gasteiger partial charge is 0.337 e. The van der Waals surface area contributed by atoms with Gasteiger partial charge in [0.25, 0.3) is 5.91 Å². The smallest absolute Gasteiger partial charge is 0.258 e. The molecule has 1 aromatic heterocycles. The number of carbonyl (C=O) groups is 2. The Balaban J connectivity index is 1.52. The summed E-state index contributed by atoms with van der Waals surface area (Å²) in [7, 11) is 0. The number of rotatable bonds is 3. The molecule has 3 aliphatic rings. The third-order valence-corrected chi connectivity index (χ3v) is 6.20. The number of nitrogens with zero attached hydrogens (tertiary/aromatic N) is 4. The minimum absolute atomic E-state index is 0.0176. The first-order chi connectivity index (χ1) is 12.9. The van der Waals surface area contributed by atoms with E-state index in [-0.39, 0.29) is 18.4 Å². The van der Waals surface area contributed by atoms with Gasteiger partial charge in [0.1, 0.15) is 12.2 Å². The Bertz CT molecular complexity index is 950. The van der Waals surface area contributed by atoms with Crippen LogP contribution in [0.5, 0.6) is 0 Å². The highest BCUT2D eigenvalue weighted by Gasteiger charge is 2.53. The van der Waals surface area contributed by atoms with Crippen molar-refractivity contribution in [1.29, 1.82) is 0 Å². The Morgan fingerprint density at radius 2 is 2.00 bits per heavy atom. The van der Waals surface area contributed by atoms with E-state index in [1.165, 1.54) is 0 Å². The summed E-state index contributed by atoms with van der Waals surface area (Å²) in [5, 5.41) is 4.04. The maximum Gasteiger partial charge on any atom is 0.258 e. The first-order valence-electron chi connectivity index (χ1n) is 9.28. The van der Waals surface area contributed by atoms with Crippen LogP contribution in [0.25, 0.3) is 0 Å². The van der Waals surface area contributed by atoms with Gasteiger partial charge < -0.3 is 15.2 Å². The second-order valence-corrected chi connectivity index (χ2v) is 7.88. The SMILES string of the molecule is CC12CCC(=O)N1c1ccccc1C(=O)N2Cc1nc(C2(N)CCC2)no1. The van der Waals surface area contributed by atoms with Gasteiger partial charge in [0.15, 0.2) is 5.82 Å². The Morgan fingerprint density at radius 3 is 2.74 bits per heavy atom. The van der Waals surface area contributed by atoms with Gasteiger partial charge in [0, 0.05) is 6.42 Å². The summed E-state index contributed by atoms with van der Waals surface area (Å²) in [5.74, 6) is 0.724. The average molecular weight is 367 g/mol. The number of para-hydroxylation sites is 1. The molecule has 0 radical (unpaired) electrons. The first-order valence-corrected chi connectivity index (χ1v) is 9.28. The van der Waals surface area contributed by atoms with Gasteiger partial charge in [-0.25, -0.2) is 0 Å². The zero-order valence-electron chi connectivity index (χ0n) is 15.1. The van der Waals surface area contributed by atoms with Crippen LogP contribution >= 0.6 is 0 Å². The number of hydrogen-bond donors (Lipinski definition) is 1. The lowest BCUT2D eigenvalue weighted by Crippen LogP contribution is -2.61. The summed E-state index contributed by atoms with van der Waals surface area (Å²) in [5.41, 5.74) is 6.20. The first kappa shape index (κ1) is 16.4. The van der Waals surface area contributed by atoms with Crippen LogP contribution in [0.1, 0.15) is 61.1 Å². The highest BCUT2D eigenvalue weighted by molar-refractivity contribution is 6.10. The van der Waals surface area contributed by atoms with Crippen LogP contribution in [-0.2, 0) is 16.9 Å². The summed E-state index contributed by atoms with van der Waals surface area (Å²) >= 11 is 0. The van der Waals surface area contributed by atoms with Crippen molar-refractivity contribution in [1.82, 2.24) is 15.0 Å². The molecule has 1 atom stereocenters. The molecular weight excluding hydrogens is 346 g/mol. The van der Waals surface area contributed by atoms with Crippen LogP contribution in [0.3, 0.4) is 0 Å². The van der Waals surface area contributed by atoms with Crippen LogP contribution in [0.4, 0.5) is 5.69 Å². The number of hydrogen-bond acceptors (Lipinski definition) is 6. The molecule has 2 fully saturated rings. The van der Waals surface area contributed by atoms with Crippen molar-refractivity contribution in [3.05, 3.63) is 41.5 Å². The van der Waals surface area contributed by atoms with Gasteiger partial charge in [-0.15, -0.1) is 0 Å². The Morgan fingerprint density at radius 1 is 1.22 bits per heavy atom. The molecule has 1 saturated heterocycles. The molecule has 2 aliphatic heterocycles. The second-order valence-electron chi connectivity index (χ2n) is 7.88. The number of benzene rings is 1. The minimum Gasteiger partial charge on any atom is -0.337 e. The highest BCUT2D eigenvalue weighted by atomic mass is 16.5. The van der Waals surface area contributed by atoms with Gasteiger partial charge in [-0.2, -0.15) is 4.98 Å². The lowest BCUT2D eigenvalue weighted by Gasteiger charge is -2.48. The van der Waals surface area contributed by atoms with Crippen LogP contribution in [0, 0.1) is 0 Å². The molecule has 2 amide bonds. The van der Waals surface area contributed by atoms with E-state index in [0.29, 0.717) is 35.8 Å². The summed E-state index contributed by atoms with van der Waals surface area (Å²) in [6, 6.07) is 7.22. The van der Waals surface area contributed by atoms with Gasteiger partial charge >= 0.3 is 0 Å². The van der Waals surface area contributed by atoms with Crippen molar-refractivity contribution in [3.8, 4) is 0 Å². The minimum atomic E-state index is -0.742. The van der Waals surface area contributed by atoms with Gasteiger partial charge in [-0.3, -0.25) is 14.5 Å². The summed E-state index contributed by atoms with van der Waals surface area (Å²) in [6.45, 7) is 2.07. The molecule has 1 saturated carbocycles. The molecule has 2 aromatic rings. The molecule has 8 heteroatoms. The van der Waals surface area contributed by atoms with Crippen molar-refractivity contribution >= 4 is 17.5 Å². The lowest BCUT2D eigenvalue weighted by atomic mass is 9.77. The highest BCUT2D eigenvalue weighted by Crippen LogP contribution is 2.44. The Kier molecular flexibility index (Phi) is 3.28. The van der Waals surface area contributed by atoms with E-state index in [1.54, 1.807) is 21.9 Å². The molecule has 2 N–H and O–H groups in total. The quantitative estimate of drug-likeness (QED) is 0.888. The molecule has 3 heterocycles. The molecule has 0 bridgehead atoms. The van der Waals surface area contributed by atoms with Crippen LogP contribution in [-0.4, -0.2) is 32.5 Å². The molecule has 0 spiro atoms. The fourth-order valence-corrected chi connectivity index (χ4v) is 4.38. The zero-order chi connectivity index (χ0) is 18.8. The lowest BCUT2D eigenvalue weighted by molar-refractivity contribution is -0.117. The number of amides is 2. The number of fused-ring (bicyclic) bond motifs is 3. The fourth-order valence-electron chi connectivity index (χ4n) is 4.38. The maximum absolute atomic E-state index is 13.2. The van der Waals surface area contributed by atoms with Gasteiger partial charge in [-0.1, -0.05) is 17.3 Å². The molecule has 5 rings (SSSR count). The van der Waals surface area contributed by atoms with E-state index in [1.807, 2.05) is 19.1 Å². The summed E-state index contributed by atoms with van der Waals surface area (Å²) in [4.78, 5) is 33.7. The van der Waals surface area contributed by atoms with Gasteiger partial charge in [-0.05, 0) is 44.7 Å². The van der Waals surface area contributed by atoms with Crippen molar-refractivity contribution in [3.63, 3.8) is 0 Å². The van der Waals surface area contributed by atoms with Gasteiger partial charge in [0.2, 0.25) is 11.8 Å². The molecule has 140 valence electrons. The topological polar surface area (TPSA) is 106 Å². The number of aromatic nitrogens is 2. The summed E-state index contributed by atoms with van der Waals surface area (Å²) in [6.07, 6.45) is 3.68. The number of nitrogens with two attached hydrogens (primary N) is 1. The Hall–Kier alpha value is -2.74. The Labute approximate surface area is 156 Å². The van der Waals surface area contributed by atoms with E-state index >= 15 is 0 Å². The van der Waals surface area contributed by atoms with Crippen molar-refractivity contribution in [2.45, 2.75) is 56.8 Å². The average Bonchev–Trinajstić information content (AvgIpc) is 3.22. The van der Waals surface area contributed by atoms with Crippen LogP contribution in [0.15, 0.2) is 28.8 Å². The maximum atomic E-state index is 13.2. The standard InChI is InChI=1S/C19H21N5O3/c1-18-10-7-15(25)24(18)13-6-3-2-5-12(13)16(26)23(18)11-14-21-17(22-27-14)19(20)8-4-9-19/h2-3,5-6H,4,7-11,20H2,1H3. The monoisotopic (exact) mass is 367 g/mol. The predicted octanol–water partition coefficient (Wildman–Crippen LogP) is 1.91. The van der Waals surface area contributed by atoms with Crippen molar-refractivity contribution in [2.24, 2.45) is 5.73 Å². The van der Waals surface area contributed by atoms with Crippen molar-refractivity contribution < 1.29 is 14.1 Å². The molecule has 1 aromatic carbocycles. The van der Waals surface area contributed by atoms with Gasteiger partial charge in [0.05, 0.1) is 16.8 Å².